The molecule has 0 unspecified atom stereocenters. The highest BCUT2D eigenvalue weighted by atomic mass is 35.5. The van der Waals surface area contributed by atoms with Gasteiger partial charge in [-0.05, 0) is 61.0 Å². The van der Waals surface area contributed by atoms with Crippen molar-refractivity contribution in [1.82, 2.24) is 4.98 Å². The van der Waals surface area contributed by atoms with Gasteiger partial charge in [-0.25, -0.2) is 4.98 Å². The van der Waals surface area contributed by atoms with Crippen LogP contribution in [0.15, 0.2) is 69.9 Å². The van der Waals surface area contributed by atoms with E-state index in [0.717, 1.165) is 15.8 Å². The van der Waals surface area contributed by atoms with E-state index in [1.54, 1.807) is 25.3 Å². The third kappa shape index (κ3) is 3.53. The number of rotatable bonds is 5. The van der Waals surface area contributed by atoms with Crippen molar-refractivity contribution < 1.29 is 18.7 Å². The molecule has 0 bridgehead atoms. The average Bonchev–Trinajstić information content (AvgIpc) is 3.43. The van der Waals surface area contributed by atoms with Crippen LogP contribution in [0, 0.1) is 0 Å². The lowest BCUT2D eigenvalue weighted by Gasteiger charge is -2.22. The maximum Gasteiger partial charge on any atom is 0.297 e. The van der Waals surface area contributed by atoms with Crippen LogP contribution in [0.3, 0.4) is 0 Å². The molecule has 36 heavy (non-hydrogen) atoms. The predicted molar refractivity (Wildman–Crippen MR) is 140 cm³/mol. The van der Waals surface area contributed by atoms with Crippen LogP contribution in [0.1, 0.15) is 34.6 Å². The van der Waals surface area contributed by atoms with Gasteiger partial charge in [0, 0.05) is 5.02 Å². The lowest BCUT2D eigenvalue weighted by molar-refractivity contribution is 0.0971. The maximum atomic E-state index is 13.8. The van der Waals surface area contributed by atoms with Crippen LogP contribution in [0.4, 0.5) is 5.13 Å². The molecule has 3 heterocycles. The molecule has 0 fully saturated rings. The van der Waals surface area contributed by atoms with Gasteiger partial charge in [-0.15, -0.1) is 0 Å². The molecular formula is C27H19ClN2O5S. The van der Waals surface area contributed by atoms with E-state index in [2.05, 4.69) is 0 Å². The van der Waals surface area contributed by atoms with Gasteiger partial charge in [0.2, 0.25) is 5.76 Å². The minimum atomic E-state index is -0.731. The van der Waals surface area contributed by atoms with E-state index >= 15 is 0 Å². The summed E-state index contributed by atoms with van der Waals surface area (Å²) in [5.74, 6) is 0.966. The van der Waals surface area contributed by atoms with Crippen LogP contribution in [0.5, 0.6) is 11.5 Å². The second-order valence-electron chi connectivity index (χ2n) is 8.22. The van der Waals surface area contributed by atoms with Crippen molar-refractivity contribution in [1.29, 1.82) is 0 Å². The number of thiazole rings is 1. The van der Waals surface area contributed by atoms with Crippen LogP contribution >= 0.6 is 22.9 Å². The zero-order valence-electron chi connectivity index (χ0n) is 19.3. The minimum Gasteiger partial charge on any atom is -0.497 e. The van der Waals surface area contributed by atoms with Crippen molar-refractivity contribution >= 4 is 55.2 Å². The molecule has 1 aliphatic rings. The summed E-state index contributed by atoms with van der Waals surface area (Å²) in [6.45, 7) is 2.44. The average molecular weight is 519 g/mol. The molecule has 0 radical (unpaired) electrons. The van der Waals surface area contributed by atoms with Gasteiger partial charge in [0.05, 0.1) is 40.9 Å². The molecule has 1 amide bonds. The number of nitrogens with zero attached hydrogens (tertiary/aromatic N) is 2. The first-order valence-electron chi connectivity index (χ1n) is 11.3. The number of methoxy groups -OCH3 is 1. The summed E-state index contributed by atoms with van der Waals surface area (Å²) in [5.41, 5.74) is 1.72. The molecule has 1 aliphatic heterocycles. The summed E-state index contributed by atoms with van der Waals surface area (Å²) in [5, 5.41) is 1.18. The monoisotopic (exact) mass is 518 g/mol. The highest BCUT2D eigenvalue weighted by molar-refractivity contribution is 7.22. The van der Waals surface area contributed by atoms with Crippen LogP contribution in [-0.4, -0.2) is 24.6 Å². The standard InChI is InChI=1S/C27H19ClN2O5S/c1-3-34-16-7-4-14(5-8-16)23-22-24(31)18-12-15(28)6-11-20(18)35-25(22)26(32)30(23)27-29-19-10-9-17(33-2)13-21(19)36-27/h4-13,23H,3H2,1-2H3/t23-/m1/s1. The molecular weight excluding hydrogens is 500 g/mol. The Morgan fingerprint density at radius 2 is 1.83 bits per heavy atom. The topological polar surface area (TPSA) is 81.9 Å². The molecule has 0 aliphatic carbocycles. The first-order valence-corrected chi connectivity index (χ1v) is 12.4. The highest BCUT2D eigenvalue weighted by Gasteiger charge is 2.45. The number of amides is 1. The molecule has 5 aromatic rings. The van der Waals surface area contributed by atoms with Crippen LogP contribution in [0.25, 0.3) is 21.2 Å². The molecule has 0 N–H and O–H groups in total. The van der Waals surface area contributed by atoms with Gasteiger partial charge in [0.15, 0.2) is 10.6 Å². The number of hydrogen-bond acceptors (Lipinski definition) is 7. The third-order valence-electron chi connectivity index (χ3n) is 6.13. The van der Waals surface area contributed by atoms with Crippen molar-refractivity contribution in [3.05, 3.63) is 92.8 Å². The Bertz CT molecular complexity index is 1710. The SMILES string of the molecule is CCOc1ccc([C@@H]2c3c(oc4ccc(Cl)cc4c3=O)C(=O)N2c2nc3ccc(OC)cc3s2)cc1. The normalized spacial score (nSPS) is 15.0. The summed E-state index contributed by atoms with van der Waals surface area (Å²) < 4.78 is 17.8. The Balaban J connectivity index is 1.58. The predicted octanol–water partition coefficient (Wildman–Crippen LogP) is 6.21. The molecule has 1 atom stereocenters. The summed E-state index contributed by atoms with van der Waals surface area (Å²) in [6, 6.07) is 16.9. The third-order valence-corrected chi connectivity index (χ3v) is 7.38. The van der Waals surface area contributed by atoms with Gasteiger partial charge < -0.3 is 13.9 Å². The fourth-order valence-electron chi connectivity index (χ4n) is 4.49. The summed E-state index contributed by atoms with van der Waals surface area (Å²) in [6.07, 6.45) is 0. The van der Waals surface area contributed by atoms with Crippen molar-refractivity contribution in [3.63, 3.8) is 0 Å². The fourth-order valence-corrected chi connectivity index (χ4v) is 5.69. The van der Waals surface area contributed by atoms with E-state index in [-0.39, 0.29) is 16.8 Å². The van der Waals surface area contributed by atoms with Gasteiger partial charge in [0.25, 0.3) is 5.91 Å². The Morgan fingerprint density at radius 3 is 2.58 bits per heavy atom. The van der Waals surface area contributed by atoms with E-state index in [4.69, 9.17) is 30.5 Å². The lowest BCUT2D eigenvalue weighted by Crippen LogP contribution is -2.29. The molecule has 3 aromatic carbocycles. The van der Waals surface area contributed by atoms with Crippen LogP contribution in [-0.2, 0) is 0 Å². The van der Waals surface area contributed by atoms with E-state index in [1.165, 1.54) is 16.2 Å². The Morgan fingerprint density at radius 1 is 1.06 bits per heavy atom. The van der Waals surface area contributed by atoms with Crippen molar-refractivity contribution in [3.8, 4) is 11.5 Å². The fraction of sp³-hybridized carbons (Fsp3) is 0.148. The van der Waals surface area contributed by atoms with Gasteiger partial charge in [0.1, 0.15) is 17.1 Å². The largest absolute Gasteiger partial charge is 0.497 e. The van der Waals surface area contributed by atoms with Crippen LogP contribution < -0.4 is 19.8 Å². The number of carbonyl (C=O) groups excluding carboxylic acids is 1. The summed E-state index contributed by atoms with van der Waals surface area (Å²) >= 11 is 7.52. The first-order chi connectivity index (χ1) is 17.5. The highest BCUT2D eigenvalue weighted by Crippen LogP contribution is 2.44. The molecule has 180 valence electrons. The van der Waals surface area contributed by atoms with Crippen molar-refractivity contribution in [2.75, 3.05) is 18.6 Å². The molecule has 0 saturated heterocycles. The molecule has 0 saturated carbocycles. The number of anilines is 1. The van der Waals surface area contributed by atoms with Gasteiger partial charge >= 0.3 is 0 Å². The Hall–Kier alpha value is -3.88. The number of carbonyl (C=O) groups is 1. The Kier molecular flexibility index (Phi) is 5.43. The van der Waals surface area contributed by atoms with Crippen molar-refractivity contribution in [2.24, 2.45) is 0 Å². The first kappa shape index (κ1) is 22.6. The maximum absolute atomic E-state index is 13.8. The van der Waals surface area contributed by atoms with E-state index in [9.17, 15) is 9.59 Å². The Labute approximate surface area is 214 Å². The van der Waals surface area contributed by atoms with E-state index in [0.29, 0.717) is 39.2 Å². The minimum absolute atomic E-state index is 0.00513. The summed E-state index contributed by atoms with van der Waals surface area (Å²) in [7, 11) is 1.60. The van der Waals surface area contributed by atoms with Gasteiger partial charge in [-0.2, -0.15) is 0 Å². The number of aromatic nitrogens is 1. The quantitative estimate of drug-likeness (QED) is 0.275. The number of benzene rings is 3. The molecule has 7 nitrogen and oxygen atoms in total. The number of ether oxygens (including phenoxy) is 2. The smallest absolute Gasteiger partial charge is 0.297 e. The van der Waals surface area contributed by atoms with E-state index in [1.807, 2.05) is 49.4 Å². The van der Waals surface area contributed by atoms with Gasteiger partial charge in [-0.3, -0.25) is 14.5 Å². The second-order valence-corrected chi connectivity index (χ2v) is 9.67. The molecule has 9 heteroatoms. The lowest BCUT2D eigenvalue weighted by atomic mass is 9.98. The summed E-state index contributed by atoms with van der Waals surface area (Å²) in [4.78, 5) is 33.8. The second kappa shape index (κ2) is 8.65. The number of halogens is 1. The zero-order valence-corrected chi connectivity index (χ0v) is 20.9. The number of hydrogen-bond donors (Lipinski definition) is 0. The molecule has 2 aromatic heterocycles. The zero-order chi connectivity index (χ0) is 25.0. The van der Waals surface area contributed by atoms with Crippen LogP contribution in [0.2, 0.25) is 5.02 Å². The van der Waals surface area contributed by atoms with Crippen molar-refractivity contribution in [2.45, 2.75) is 13.0 Å². The van der Waals surface area contributed by atoms with E-state index < -0.39 is 11.9 Å². The molecule has 0 spiro atoms. The number of fused-ring (bicyclic) bond motifs is 3. The van der Waals surface area contributed by atoms with Gasteiger partial charge in [-0.1, -0.05) is 35.1 Å². The molecule has 6 rings (SSSR count).